The zero-order valence-electron chi connectivity index (χ0n) is 25.0. The maximum absolute atomic E-state index is 12.8. The molecule has 232 valence electrons. The highest BCUT2D eigenvalue weighted by Gasteiger charge is 2.52. The number of esters is 4. The molecule has 0 aromatic heterocycles. The van der Waals surface area contributed by atoms with E-state index in [-0.39, 0.29) is 32.3 Å². The number of aliphatic hydroxyl groups excluding tert-OH is 1. The molecule has 1 fully saturated rings. The van der Waals surface area contributed by atoms with Crippen LogP contribution in [0.25, 0.3) is 0 Å². The van der Waals surface area contributed by atoms with Crippen molar-refractivity contribution in [1.29, 1.82) is 0 Å². The second-order valence-electron chi connectivity index (χ2n) is 10.4. The molecule has 0 aromatic rings. The molecule has 5 atom stereocenters. The minimum absolute atomic E-state index is 0.118. The van der Waals surface area contributed by atoms with E-state index in [0.717, 1.165) is 51.4 Å². The Morgan fingerprint density at radius 3 is 1.35 bits per heavy atom. The van der Waals surface area contributed by atoms with E-state index in [1.807, 2.05) is 27.7 Å². The third-order valence-electron chi connectivity index (χ3n) is 6.76. The summed E-state index contributed by atoms with van der Waals surface area (Å²) in [5.74, 6) is -2.14. The van der Waals surface area contributed by atoms with Gasteiger partial charge in [-0.3, -0.25) is 19.2 Å². The molecule has 0 bridgehead atoms. The lowest BCUT2D eigenvalue weighted by Crippen LogP contribution is -2.62. The smallest absolute Gasteiger partial charge is 0.306 e. The summed E-state index contributed by atoms with van der Waals surface area (Å²) >= 11 is 0. The van der Waals surface area contributed by atoms with Crippen LogP contribution in [0.2, 0.25) is 0 Å². The molecule has 0 spiro atoms. The van der Waals surface area contributed by atoms with Gasteiger partial charge in [-0.2, -0.15) is 0 Å². The second-order valence-corrected chi connectivity index (χ2v) is 10.4. The van der Waals surface area contributed by atoms with Gasteiger partial charge in [-0.1, -0.05) is 79.1 Å². The third kappa shape index (κ3) is 14.4. The van der Waals surface area contributed by atoms with E-state index in [1.165, 1.54) is 0 Å². The monoisotopic (exact) mass is 572 g/mol. The molecule has 1 aliphatic rings. The average molecular weight is 573 g/mol. The average Bonchev–Trinajstić information content (AvgIpc) is 2.91. The number of aliphatic hydroxyl groups is 1. The van der Waals surface area contributed by atoms with Crippen molar-refractivity contribution in [3.05, 3.63) is 0 Å². The van der Waals surface area contributed by atoms with Crippen molar-refractivity contribution in [3.8, 4) is 0 Å². The summed E-state index contributed by atoms with van der Waals surface area (Å²) in [6.07, 6.45) is 3.36. The van der Waals surface area contributed by atoms with E-state index in [0.29, 0.717) is 25.7 Å². The Labute approximate surface area is 239 Å². The van der Waals surface area contributed by atoms with Crippen molar-refractivity contribution < 1.29 is 48.0 Å². The van der Waals surface area contributed by atoms with Gasteiger partial charge in [-0.15, -0.1) is 0 Å². The minimum Gasteiger partial charge on any atom is -0.463 e. The van der Waals surface area contributed by atoms with Crippen molar-refractivity contribution in [2.75, 3.05) is 6.61 Å². The van der Waals surface area contributed by atoms with Gasteiger partial charge in [0.1, 0.15) is 12.7 Å². The lowest BCUT2D eigenvalue weighted by Gasteiger charge is -2.43. The van der Waals surface area contributed by atoms with Gasteiger partial charge in [0.05, 0.1) is 0 Å². The molecule has 0 aromatic carbocycles. The van der Waals surface area contributed by atoms with E-state index in [9.17, 15) is 24.3 Å². The first kappa shape index (κ1) is 35.8. The van der Waals surface area contributed by atoms with E-state index < -0.39 is 54.6 Å². The van der Waals surface area contributed by atoms with Crippen molar-refractivity contribution in [1.82, 2.24) is 0 Å². The predicted octanol–water partition coefficient (Wildman–Crippen LogP) is 5.30. The van der Waals surface area contributed by atoms with Crippen molar-refractivity contribution in [3.63, 3.8) is 0 Å². The normalized spacial score (nSPS) is 22.4. The molecule has 0 radical (unpaired) electrons. The number of rotatable bonds is 21. The maximum Gasteiger partial charge on any atom is 0.306 e. The largest absolute Gasteiger partial charge is 0.463 e. The fourth-order valence-corrected chi connectivity index (χ4v) is 4.39. The van der Waals surface area contributed by atoms with Crippen LogP contribution in [0.15, 0.2) is 0 Å². The van der Waals surface area contributed by atoms with Crippen molar-refractivity contribution in [2.24, 2.45) is 0 Å². The summed E-state index contributed by atoms with van der Waals surface area (Å²) < 4.78 is 28.1. The molecule has 0 saturated carbocycles. The number of carbonyl (C=O) groups is 4. The van der Waals surface area contributed by atoms with Crippen molar-refractivity contribution in [2.45, 2.75) is 161 Å². The highest BCUT2D eigenvalue weighted by molar-refractivity contribution is 5.72. The molecule has 10 heteroatoms. The van der Waals surface area contributed by atoms with Crippen LogP contribution in [-0.2, 0) is 42.9 Å². The molecule has 0 aliphatic carbocycles. The number of hydrogen-bond donors (Lipinski definition) is 1. The first-order valence-electron chi connectivity index (χ1n) is 15.3. The molecule has 40 heavy (non-hydrogen) atoms. The first-order valence-corrected chi connectivity index (χ1v) is 15.3. The Morgan fingerprint density at radius 2 is 0.925 bits per heavy atom. The predicted molar refractivity (Wildman–Crippen MR) is 148 cm³/mol. The molecule has 10 nitrogen and oxygen atoms in total. The Bertz CT molecular complexity index is 740. The molecule has 1 N–H and O–H groups in total. The Morgan fingerprint density at radius 1 is 0.550 bits per heavy atom. The number of hydrogen-bond acceptors (Lipinski definition) is 10. The van der Waals surface area contributed by atoms with Crippen LogP contribution < -0.4 is 0 Å². The van der Waals surface area contributed by atoms with Crippen LogP contribution >= 0.6 is 0 Å². The molecule has 0 amide bonds. The van der Waals surface area contributed by atoms with Gasteiger partial charge in [-0.05, 0) is 25.7 Å². The topological polar surface area (TPSA) is 135 Å². The molecule has 1 aliphatic heterocycles. The van der Waals surface area contributed by atoms with E-state index in [4.69, 9.17) is 23.7 Å². The fourth-order valence-electron chi connectivity index (χ4n) is 4.39. The van der Waals surface area contributed by atoms with Gasteiger partial charge < -0.3 is 28.8 Å². The summed E-state index contributed by atoms with van der Waals surface area (Å²) in [7, 11) is 0. The van der Waals surface area contributed by atoms with E-state index >= 15 is 0 Å². The molecule has 1 heterocycles. The van der Waals surface area contributed by atoms with E-state index in [2.05, 4.69) is 0 Å². The van der Waals surface area contributed by atoms with Crippen molar-refractivity contribution >= 4 is 23.9 Å². The van der Waals surface area contributed by atoms with E-state index in [1.54, 1.807) is 0 Å². The van der Waals surface area contributed by atoms with Crippen LogP contribution in [0.1, 0.15) is 130 Å². The van der Waals surface area contributed by atoms with Crippen LogP contribution in [0.5, 0.6) is 0 Å². The van der Waals surface area contributed by atoms with Gasteiger partial charge in [-0.25, -0.2) is 0 Å². The second kappa shape index (κ2) is 21.5. The summed E-state index contributed by atoms with van der Waals surface area (Å²) in [5, 5.41) is 10.8. The molecule has 1 saturated heterocycles. The van der Waals surface area contributed by atoms with Gasteiger partial charge in [0.15, 0.2) is 24.6 Å². The molecule has 0 unspecified atom stereocenters. The van der Waals surface area contributed by atoms with Gasteiger partial charge in [0, 0.05) is 25.7 Å². The Balaban J connectivity index is 3.17. The zero-order valence-corrected chi connectivity index (χ0v) is 25.0. The fraction of sp³-hybridized carbons (Fsp3) is 0.867. The Hall–Kier alpha value is -2.20. The Kier molecular flexibility index (Phi) is 19.3. The van der Waals surface area contributed by atoms with Crippen LogP contribution in [0.3, 0.4) is 0 Å². The van der Waals surface area contributed by atoms with Crippen LogP contribution in [0, 0.1) is 0 Å². The third-order valence-corrected chi connectivity index (χ3v) is 6.76. The highest BCUT2D eigenvalue weighted by atomic mass is 16.7. The number of ether oxygens (including phenoxy) is 5. The SMILES string of the molecule is CCCCCC(=O)OC[C@H]1O[C@@H](O)[C@@H](OC(=O)CCCCC)[C@@H](OC(=O)CCCCC)[C@@H]1OC(=O)CCCCC. The van der Waals surface area contributed by atoms with Crippen LogP contribution in [-0.4, -0.2) is 66.3 Å². The summed E-state index contributed by atoms with van der Waals surface area (Å²) in [4.78, 5) is 50.4. The maximum atomic E-state index is 12.8. The van der Waals surface area contributed by atoms with Gasteiger partial charge >= 0.3 is 23.9 Å². The molecular formula is C30H52O10. The number of carbonyl (C=O) groups excluding carboxylic acids is 4. The van der Waals surface area contributed by atoms with Gasteiger partial charge in [0.2, 0.25) is 0 Å². The number of unbranched alkanes of at least 4 members (excludes halogenated alkanes) is 8. The van der Waals surface area contributed by atoms with Gasteiger partial charge in [0.25, 0.3) is 0 Å². The zero-order chi connectivity index (χ0) is 29.8. The minimum atomic E-state index is -1.68. The lowest BCUT2D eigenvalue weighted by molar-refractivity contribution is -0.297. The quantitative estimate of drug-likeness (QED) is 0.110. The standard InChI is InChI=1S/C30H52O10/c1-5-9-13-17-23(31)36-21-22-27(38-24(32)18-14-10-6-2)28(39-25(33)19-15-11-7-3)29(30(35)37-22)40-26(34)20-16-12-8-4/h22,27-30,35H,5-21H2,1-4H3/t22-,27-,28+,29+,30-/m1/s1. The molecule has 1 rings (SSSR count). The lowest BCUT2D eigenvalue weighted by atomic mass is 9.98. The van der Waals surface area contributed by atoms with Crippen LogP contribution in [0.4, 0.5) is 0 Å². The summed E-state index contributed by atoms with van der Waals surface area (Å²) in [6, 6.07) is 0. The first-order chi connectivity index (χ1) is 19.3. The summed E-state index contributed by atoms with van der Waals surface area (Å²) in [5.41, 5.74) is 0. The highest BCUT2D eigenvalue weighted by Crippen LogP contribution is 2.29. The summed E-state index contributed by atoms with van der Waals surface area (Å²) in [6.45, 7) is 7.74. The molecular weight excluding hydrogens is 520 g/mol.